The Balaban J connectivity index is 1.75. The van der Waals surface area contributed by atoms with Gasteiger partial charge in [-0.2, -0.15) is 11.8 Å². The second-order valence-corrected chi connectivity index (χ2v) is 8.35. The lowest BCUT2D eigenvalue weighted by Gasteiger charge is -2.27. The number of nitrogens with two attached hydrogens (primary N) is 1. The van der Waals surface area contributed by atoms with Gasteiger partial charge in [-0.3, -0.25) is 4.99 Å². The van der Waals surface area contributed by atoms with Gasteiger partial charge in [0.2, 0.25) is 0 Å². The third-order valence-electron chi connectivity index (χ3n) is 3.20. The summed E-state index contributed by atoms with van der Waals surface area (Å²) in [6.07, 6.45) is 2.13. The van der Waals surface area contributed by atoms with Crippen LogP contribution in [0.15, 0.2) is 4.99 Å². The minimum absolute atomic E-state index is 0.132. The van der Waals surface area contributed by atoms with Crippen LogP contribution in [0.3, 0.4) is 0 Å². The Labute approximate surface area is 113 Å². The van der Waals surface area contributed by atoms with Gasteiger partial charge in [0.05, 0.1) is 18.1 Å². The zero-order valence-corrected chi connectivity index (χ0v) is 12.2. The third kappa shape index (κ3) is 4.68. The molecule has 2 fully saturated rings. The number of sulfone groups is 1. The summed E-state index contributed by atoms with van der Waals surface area (Å²) in [7, 11) is -2.93. The van der Waals surface area contributed by atoms with Gasteiger partial charge in [-0.25, -0.2) is 8.42 Å². The summed E-state index contributed by atoms with van der Waals surface area (Å²) in [5.41, 5.74) is 5.86. The summed E-state index contributed by atoms with van der Waals surface area (Å²) >= 11 is 1.91. The summed E-state index contributed by atoms with van der Waals surface area (Å²) < 4.78 is 23.4. The maximum absolute atomic E-state index is 11.7. The molecule has 0 radical (unpaired) electrons. The van der Waals surface area contributed by atoms with Crippen LogP contribution in [0.2, 0.25) is 0 Å². The van der Waals surface area contributed by atoms with Crippen LogP contribution in [0.25, 0.3) is 0 Å². The Hall–Kier alpha value is -0.430. The van der Waals surface area contributed by atoms with E-state index in [0.29, 0.717) is 24.2 Å². The lowest BCUT2D eigenvalue weighted by atomic mass is 10.5. The lowest BCUT2D eigenvalue weighted by molar-refractivity contribution is 0.456. The molecule has 18 heavy (non-hydrogen) atoms. The Kier molecular flexibility index (Phi) is 4.77. The van der Waals surface area contributed by atoms with E-state index in [2.05, 4.69) is 4.99 Å². The van der Waals surface area contributed by atoms with Gasteiger partial charge in [-0.1, -0.05) is 0 Å². The molecule has 0 aromatic carbocycles. The van der Waals surface area contributed by atoms with Crippen LogP contribution in [0.4, 0.5) is 0 Å². The minimum atomic E-state index is -2.93. The highest BCUT2D eigenvalue weighted by molar-refractivity contribution is 7.99. The molecule has 0 amide bonds. The fraction of sp³-hybridized carbons (Fsp3) is 0.909. The topological polar surface area (TPSA) is 75.8 Å². The highest BCUT2D eigenvalue weighted by Gasteiger charge is 2.27. The van der Waals surface area contributed by atoms with Crippen LogP contribution in [-0.4, -0.2) is 61.9 Å². The molecule has 1 saturated carbocycles. The van der Waals surface area contributed by atoms with Crippen molar-refractivity contribution in [1.82, 2.24) is 4.90 Å². The molecule has 7 heteroatoms. The fourth-order valence-corrected chi connectivity index (χ4v) is 4.41. The molecule has 0 unspecified atom stereocenters. The van der Waals surface area contributed by atoms with Crippen LogP contribution in [0.5, 0.6) is 0 Å². The molecule has 1 aliphatic carbocycles. The molecule has 0 atom stereocenters. The van der Waals surface area contributed by atoms with Crippen LogP contribution in [0.1, 0.15) is 12.8 Å². The number of hydrogen-bond donors (Lipinski definition) is 1. The van der Waals surface area contributed by atoms with E-state index in [1.165, 1.54) is 0 Å². The Bertz CT molecular complexity index is 399. The molecular formula is C11H21N3O2S2. The highest BCUT2D eigenvalue weighted by atomic mass is 32.2. The van der Waals surface area contributed by atoms with Crippen LogP contribution >= 0.6 is 11.8 Å². The molecule has 0 bridgehead atoms. The van der Waals surface area contributed by atoms with Crippen LogP contribution in [0, 0.1) is 5.92 Å². The van der Waals surface area contributed by atoms with Gasteiger partial charge in [-0.05, 0) is 18.8 Å². The van der Waals surface area contributed by atoms with E-state index in [4.69, 9.17) is 5.73 Å². The largest absolute Gasteiger partial charge is 0.370 e. The molecule has 0 spiro atoms. The van der Waals surface area contributed by atoms with Gasteiger partial charge < -0.3 is 10.6 Å². The SMILES string of the molecule is NC(=NCCS(=O)(=O)CC1CC1)N1CCSCC1. The first-order valence-electron chi connectivity index (χ1n) is 6.40. The smallest absolute Gasteiger partial charge is 0.191 e. The number of hydrogen-bond acceptors (Lipinski definition) is 4. The van der Waals surface area contributed by atoms with Crippen molar-refractivity contribution in [2.75, 3.05) is 42.6 Å². The molecule has 2 rings (SSSR count). The number of rotatable bonds is 5. The van der Waals surface area contributed by atoms with Crippen molar-refractivity contribution in [1.29, 1.82) is 0 Å². The van der Waals surface area contributed by atoms with Crippen molar-refractivity contribution in [3.8, 4) is 0 Å². The molecule has 2 N–H and O–H groups in total. The number of guanidine groups is 1. The van der Waals surface area contributed by atoms with Crippen molar-refractivity contribution < 1.29 is 8.42 Å². The molecule has 0 aromatic rings. The zero-order valence-electron chi connectivity index (χ0n) is 10.5. The normalized spacial score (nSPS) is 22.2. The maximum atomic E-state index is 11.7. The van der Waals surface area contributed by atoms with Gasteiger partial charge in [0.15, 0.2) is 15.8 Å². The third-order valence-corrected chi connectivity index (χ3v) is 5.92. The number of aliphatic imine (C=N–C) groups is 1. The second kappa shape index (κ2) is 6.14. The first-order chi connectivity index (χ1) is 8.57. The first-order valence-corrected chi connectivity index (χ1v) is 9.37. The van der Waals surface area contributed by atoms with Crippen LogP contribution in [-0.2, 0) is 9.84 Å². The first kappa shape index (κ1) is 14.0. The van der Waals surface area contributed by atoms with E-state index in [-0.39, 0.29) is 5.75 Å². The minimum Gasteiger partial charge on any atom is -0.370 e. The van der Waals surface area contributed by atoms with E-state index in [1.54, 1.807) is 0 Å². The highest BCUT2D eigenvalue weighted by Crippen LogP contribution is 2.30. The predicted molar refractivity (Wildman–Crippen MR) is 76.8 cm³/mol. The molecule has 5 nitrogen and oxygen atoms in total. The Morgan fingerprint density at radius 3 is 2.61 bits per heavy atom. The van der Waals surface area contributed by atoms with Crippen LogP contribution < -0.4 is 5.73 Å². The molecule has 0 aromatic heterocycles. The van der Waals surface area contributed by atoms with Gasteiger partial charge in [0, 0.05) is 24.6 Å². The zero-order chi connectivity index (χ0) is 13.0. The van der Waals surface area contributed by atoms with Crippen molar-refractivity contribution in [3.05, 3.63) is 0 Å². The van der Waals surface area contributed by atoms with Gasteiger partial charge in [0.1, 0.15) is 0 Å². The van der Waals surface area contributed by atoms with E-state index in [9.17, 15) is 8.42 Å². The van der Waals surface area contributed by atoms with E-state index in [0.717, 1.165) is 37.4 Å². The second-order valence-electron chi connectivity index (χ2n) is 4.90. The predicted octanol–water partition coefficient (Wildman–Crippen LogP) is 0.175. The standard InChI is InChI=1S/C11H21N3O2S2/c12-11(14-4-6-17-7-5-14)13-3-8-18(15,16)9-10-1-2-10/h10H,1-9H2,(H2,12,13). The summed E-state index contributed by atoms with van der Waals surface area (Å²) in [5.74, 6) is 3.51. The molecule has 1 saturated heterocycles. The fourth-order valence-electron chi connectivity index (χ4n) is 1.92. The quantitative estimate of drug-likeness (QED) is 0.577. The van der Waals surface area contributed by atoms with E-state index < -0.39 is 9.84 Å². The maximum Gasteiger partial charge on any atom is 0.191 e. The molecule has 1 aliphatic heterocycles. The lowest BCUT2D eigenvalue weighted by Crippen LogP contribution is -2.42. The Morgan fingerprint density at radius 2 is 2.00 bits per heavy atom. The summed E-state index contributed by atoms with van der Waals surface area (Å²) in [4.78, 5) is 6.22. The van der Waals surface area contributed by atoms with Crippen molar-refractivity contribution in [2.24, 2.45) is 16.6 Å². The Morgan fingerprint density at radius 1 is 1.33 bits per heavy atom. The molecular weight excluding hydrogens is 270 g/mol. The molecule has 2 aliphatic rings. The van der Waals surface area contributed by atoms with Crippen molar-refractivity contribution >= 4 is 27.6 Å². The van der Waals surface area contributed by atoms with Gasteiger partial charge in [-0.15, -0.1) is 0 Å². The monoisotopic (exact) mass is 291 g/mol. The van der Waals surface area contributed by atoms with E-state index in [1.807, 2.05) is 16.7 Å². The molecule has 104 valence electrons. The average Bonchev–Trinajstić information content (AvgIpc) is 3.13. The number of nitrogens with zero attached hydrogens (tertiary/aromatic N) is 2. The molecule has 1 heterocycles. The average molecular weight is 291 g/mol. The van der Waals surface area contributed by atoms with Gasteiger partial charge in [0.25, 0.3) is 0 Å². The van der Waals surface area contributed by atoms with Crippen molar-refractivity contribution in [3.63, 3.8) is 0 Å². The summed E-state index contributed by atoms with van der Waals surface area (Å²) in [6, 6.07) is 0. The van der Waals surface area contributed by atoms with Gasteiger partial charge >= 0.3 is 0 Å². The summed E-state index contributed by atoms with van der Waals surface area (Å²) in [6.45, 7) is 2.12. The van der Waals surface area contributed by atoms with Crippen molar-refractivity contribution in [2.45, 2.75) is 12.8 Å². The summed E-state index contributed by atoms with van der Waals surface area (Å²) in [5, 5.41) is 0. The van der Waals surface area contributed by atoms with E-state index >= 15 is 0 Å². The number of thioether (sulfide) groups is 1.